The summed E-state index contributed by atoms with van der Waals surface area (Å²) in [6.45, 7) is 2.90. The number of halogens is 1. The van der Waals surface area contributed by atoms with Crippen LogP contribution in [0.4, 0.5) is 10.2 Å². The predicted molar refractivity (Wildman–Crippen MR) is 142 cm³/mol. The zero-order valence-electron chi connectivity index (χ0n) is 21.7. The summed E-state index contributed by atoms with van der Waals surface area (Å²) in [5.74, 6) is 0.641. The Labute approximate surface area is 221 Å². The molecule has 0 spiro atoms. The number of nitrogens with zero attached hydrogens (tertiary/aromatic N) is 5. The molecule has 2 aromatic carbocycles. The first-order valence-corrected chi connectivity index (χ1v) is 12.5. The Balaban J connectivity index is 1.36. The fourth-order valence-electron chi connectivity index (χ4n) is 4.30. The molecule has 1 aliphatic rings. The van der Waals surface area contributed by atoms with Gasteiger partial charge in [0.05, 0.1) is 19.4 Å². The number of methoxy groups -OCH3 is 2. The maximum atomic E-state index is 13.3. The number of aromatic nitrogens is 2. The molecule has 0 unspecified atom stereocenters. The van der Waals surface area contributed by atoms with Crippen LogP contribution in [0.15, 0.2) is 60.7 Å². The SMILES string of the molecule is COCCN(CC(=O)N1CCCN(c2ccc(-c3ccc(OC)cc3)nn2)CC1)C(=O)c1ccc(F)cc1. The molecule has 1 fully saturated rings. The average Bonchev–Trinajstić information content (AvgIpc) is 3.22. The van der Waals surface area contributed by atoms with Crippen molar-refractivity contribution in [3.8, 4) is 17.0 Å². The summed E-state index contributed by atoms with van der Waals surface area (Å²) in [5.41, 5.74) is 2.05. The van der Waals surface area contributed by atoms with Gasteiger partial charge in [0.1, 0.15) is 18.1 Å². The van der Waals surface area contributed by atoms with E-state index >= 15 is 0 Å². The van der Waals surface area contributed by atoms with Crippen LogP contribution in [-0.2, 0) is 9.53 Å². The Morgan fingerprint density at radius 3 is 2.34 bits per heavy atom. The summed E-state index contributed by atoms with van der Waals surface area (Å²) in [5, 5.41) is 8.82. The quantitative estimate of drug-likeness (QED) is 0.428. The second-order valence-corrected chi connectivity index (χ2v) is 8.95. The number of hydrogen-bond acceptors (Lipinski definition) is 7. The van der Waals surface area contributed by atoms with Crippen molar-refractivity contribution in [1.29, 1.82) is 0 Å². The van der Waals surface area contributed by atoms with Crippen molar-refractivity contribution in [3.05, 3.63) is 72.0 Å². The van der Waals surface area contributed by atoms with Crippen LogP contribution in [0.5, 0.6) is 5.75 Å². The van der Waals surface area contributed by atoms with Crippen LogP contribution < -0.4 is 9.64 Å². The highest BCUT2D eigenvalue weighted by Crippen LogP contribution is 2.22. The van der Waals surface area contributed by atoms with Crippen LogP contribution in [0.2, 0.25) is 0 Å². The number of rotatable bonds is 9. The van der Waals surface area contributed by atoms with Gasteiger partial charge >= 0.3 is 0 Å². The van der Waals surface area contributed by atoms with E-state index in [1.54, 1.807) is 12.0 Å². The summed E-state index contributed by atoms with van der Waals surface area (Å²) in [4.78, 5) is 31.5. The van der Waals surface area contributed by atoms with Crippen LogP contribution in [0.1, 0.15) is 16.8 Å². The van der Waals surface area contributed by atoms with Gasteiger partial charge in [-0.05, 0) is 67.1 Å². The number of ether oxygens (including phenoxy) is 2. The third-order valence-corrected chi connectivity index (χ3v) is 6.48. The van der Waals surface area contributed by atoms with Gasteiger partial charge in [-0.25, -0.2) is 4.39 Å². The van der Waals surface area contributed by atoms with Gasteiger partial charge in [0.25, 0.3) is 5.91 Å². The molecular formula is C28H32FN5O4. The van der Waals surface area contributed by atoms with E-state index in [0.717, 1.165) is 35.8 Å². The van der Waals surface area contributed by atoms with Gasteiger partial charge in [0, 0.05) is 51.0 Å². The number of benzene rings is 2. The molecule has 0 atom stereocenters. The normalized spacial score (nSPS) is 13.7. The summed E-state index contributed by atoms with van der Waals surface area (Å²) in [7, 11) is 3.17. The lowest BCUT2D eigenvalue weighted by atomic mass is 10.1. The average molecular weight is 522 g/mol. The molecule has 0 radical (unpaired) electrons. The first-order chi connectivity index (χ1) is 18.5. The van der Waals surface area contributed by atoms with Crippen LogP contribution in [0, 0.1) is 5.82 Å². The van der Waals surface area contributed by atoms with Crippen molar-refractivity contribution in [2.45, 2.75) is 6.42 Å². The fourth-order valence-corrected chi connectivity index (χ4v) is 4.30. The van der Waals surface area contributed by atoms with Gasteiger partial charge in [-0.15, -0.1) is 10.2 Å². The zero-order valence-corrected chi connectivity index (χ0v) is 21.7. The van der Waals surface area contributed by atoms with Crippen LogP contribution >= 0.6 is 0 Å². The van der Waals surface area contributed by atoms with Crippen LogP contribution in [-0.4, -0.2) is 91.9 Å². The van der Waals surface area contributed by atoms with Gasteiger partial charge in [-0.1, -0.05) is 0 Å². The molecule has 0 saturated carbocycles. The number of carbonyl (C=O) groups is 2. The lowest BCUT2D eigenvalue weighted by Crippen LogP contribution is -2.45. The first-order valence-electron chi connectivity index (χ1n) is 12.5. The van der Waals surface area contributed by atoms with Crippen LogP contribution in [0.3, 0.4) is 0 Å². The van der Waals surface area contributed by atoms with Gasteiger partial charge in [-0.2, -0.15) is 0 Å². The maximum Gasteiger partial charge on any atom is 0.254 e. The second kappa shape index (κ2) is 13.0. The largest absolute Gasteiger partial charge is 0.497 e. The van der Waals surface area contributed by atoms with Crippen molar-refractivity contribution in [2.75, 3.05) is 65.0 Å². The Hall–Kier alpha value is -4.05. The van der Waals surface area contributed by atoms with Crippen molar-refractivity contribution < 1.29 is 23.5 Å². The van der Waals surface area contributed by atoms with Crippen molar-refractivity contribution in [1.82, 2.24) is 20.0 Å². The molecule has 9 nitrogen and oxygen atoms in total. The minimum Gasteiger partial charge on any atom is -0.497 e. The summed E-state index contributed by atoms with van der Waals surface area (Å²) >= 11 is 0. The number of anilines is 1. The molecule has 1 aliphatic heterocycles. The molecule has 2 amide bonds. The zero-order chi connectivity index (χ0) is 26.9. The smallest absolute Gasteiger partial charge is 0.254 e. The van der Waals surface area contributed by atoms with Gasteiger partial charge in [0.2, 0.25) is 5.91 Å². The molecule has 0 bridgehead atoms. The van der Waals surface area contributed by atoms with Crippen molar-refractivity contribution in [3.63, 3.8) is 0 Å². The molecule has 38 heavy (non-hydrogen) atoms. The highest BCUT2D eigenvalue weighted by molar-refractivity contribution is 5.96. The van der Waals surface area contributed by atoms with Gasteiger partial charge < -0.3 is 24.2 Å². The van der Waals surface area contributed by atoms with Crippen molar-refractivity contribution >= 4 is 17.6 Å². The molecule has 3 aromatic rings. The lowest BCUT2D eigenvalue weighted by molar-refractivity contribution is -0.131. The molecule has 0 aliphatic carbocycles. The first kappa shape index (κ1) is 27.0. The highest BCUT2D eigenvalue weighted by atomic mass is 19.1. The summed E-state index contributed by atoms with van der Waals surface area (Å²) < 4.78 is 23.6. The third-order valence-electron chi connectivity index (χ3n) is 6.48. The summed E-state index contributed by atoms with van der Waals surface area (Å²) in [6.07, 6.45) is 0.762. The number of amides is 2. The monoisotopic (exact) mass is 521 g/mol. The number of hydrogen-bond donors (Lipinski definition) is 0. The van der Waals surface area contributed by atoms with E-state index in [-0.39, 0.29) is 24.9 Å². The van der Waals surface area contributed by atoms with E-state index in [9.17, 15) is 14.0 Å². The van der Waals surface area contributed by atoms with Gasteiger partial charge in [-0.3, -0.25) is 9.59 Å². The maximum absolute atomic E-state index is 13.3. The van der Waals surface area contributed by atoms with E-state index in [2.05, 4.69) is 15.1 Å². The van der Waals surface area contributed by atoms with E-state index in [1.807, 2.05) is 36.4 Å². The molecule has 4 rings (SSSR count). The standard InChI is InChI=1S/C28H32FN5O4/c1-37-19-18-34(28(36)22-4-8-23(29)9-5-22)20-27(35)33-15-3-14-32(16-17-33)26-13-12-25(30-31-26)21-6-10-24(38-2)11-7-21/h4-13H,3,14-20H2,1-2H3. The molecular weight excluding hydrogens is 489 g/mol. The summed E-state index contributed by atoms with van der Waals surface area (Å²) in [6, 6.07) is 16.8. The highest BCUT2D eigenvalue weighted by Gasteiger charge is 2.25. The number of carbonyl (C=O) groups excluding carboxylic acids is 2. The van der Waals surface area contributed by atoms with Gasteiger partial charge in [0.15, 0.2) is 5.82 Å². The molecule has 1 saturated heterocycles. The fraction of sp³-hybridized carbons (Fsp3) is 0.357. The Kier molecular flexibility index (Phi) is 9.21. The molecule has 2 heterocycles. The van der Waals surface area contributed by atoms with E-state index in [0.29, 0.717) is 31.8 Å². The molecule has 0 N–H and O–H groups in total. The van der Waals surface area contributed by atoms with E-state index in [1.165, 1.54) is 36.3 Å². The van der Waals surface area contributed by atoms with Crippen molar-refractivity contribution in [2.24, 2.45) is 0 Å². The molecule has 200 valence electrons. The minimum absolute atomic E-state index is 0.0735. The Morgan fingerprint density at radius 1 is 0.921 bits per heavy atom. The second-order valence-electron chi connectivity index (χ2n) is 8.95. The molecule has 10 heteroatoms. The minimum atomic E-state index is -0.421. The van der Waals surface area contributed by atoms with E-state index in [4.69, 9.17) is 9.47 Å². The third kappa shape index (κ3) is 6.83. The lowest BCUT2D eigenvalue weighted by Gasteiger charge is -2.27. The van der Waals surface area contributed by atoms with E-state index < -0.39 is 5.82 Å². The Morgan fingerprint density at radius 2 is 1.68 bits per heavy atom. The van der Waals surface area contributed by atoms with Crippen LogP contribution in [0.25, 0.3) is 11.3 Å². The molecule has 1 aromatic heterocycles. The predicted octanol–water partition coefficient (Wildman–Crippen LogP) is 3.12. The Bertz CT molecular complexity index is 1210. The topological polar surface area (TPSA) is 88.1 Å².